The van der Waals surface area contributed by atoms with Crippen LogP contribution in [0.15, 0.2) is 29.2 Å². The van der Waals surface area contributed by atoms with E-state index in [1.165, 1.54) is 0 Å². The minimum atomic E-state index is -0.351. The summed E-state index contributed by atoms with van der Waals surface area (Å²) in [4.78, 5) is 15.4. The Morgan fingerprint density at radius 3 is 3.11 bits per heavy atom. The third-order valence-corrected chi connectivity index (χ3v) is 4.83. The van der Waals surface area contributed by atoms with Crippen LogP contribution in [0.5, 0.6) is 5.75 Å². The SMILES string of the molecule is NCC1CCN(C(=O)C2CSc3ccccc3O2)C1. The summed E-state index contributed by atoms with van der Waals surface area (Å²) in [6.45, 7) is 2.25. The van der Waals surface area contributed by atoms with Gasteiger partial charge in [-0.25, -0.2) is 0 Å². The van der Waals surface area contributed by atoms with Gasteiger partial charge in [0, 0.05) is 23.7 Å². The molecule has 0 aromatic heterocycles. The maximum atomic E-state index is 12.4. The first kappa shape index (κ1) is 12.8. The number of nitrogens with zero attached hydrogens (tertiary/aromatic N) is 1. The van der Waals surface area contributed by atoms with Crippen molar-refractivity contribution < 1.29 is 9.53 Å². The van der Waals surface area contributed by atoms with Gasteiger partial charge in [0.1, 0.15) is 5.75 Å². The molecule has 2 heterocycles. The number of fused-ring (bicyclic) bond motifs is 1. The van der Waals surface area contributed by atoms with Gasteiger partial charge in [-0.15, -0.1) is 11.8 Å². The van der Waals surface area contributed by atoms with Crippen molar-refractivity contribution in [3.05, 3.63) is 24.3 Å². The molecule has 1 saturated heterocycles. The number of hydrogen-bond acceptors (Lipinski definition) is 4. The zero-order valence-electron chi connectivity index (χ0n) is 10.7. The lowest BCUT2D eigenvalue weighted by molar-refractivity contribution is -0.136. The van der Waals surface area contributed by atoms with Gasteiger partial charge in [0.15, 0.2) is 6.10 Å². The Bertz CT molecular complexity index is 480. The number of thioether (sulfide) groups is 1. The highest BCUT2D eigenvalue weighted by molar-refractivity contribution is 7.99. The fourth-order valence-electron chi connectivity index (χ4n) is 2.57. The molecule has 2 atom stereocenters. The number of ether oxygens (including phenoxy) is 1. The van der Waals surface area contributed by atoms with Crippen molar-refractivity contribution in [2.75, 3.05) is 25.4 Å². The Morgan fingerprint density at radius 1 is 1.47 bits per heavy atom. The second-order valence-electron chi connectivity index (χ2n) is 5.04. The summed E-state index contributed by atoms with van der Waals surface area (Å²) in [7, 11) is 0. The Kier molecular flexibility index (Phi) is 3.66. The second kappa shape index (κ2) is 5.43. The van der Waals surface area contributed by atoms with E-state index in [-0.39, 0.29) is 12.0 Å². The van der Waals surface area contributed by atoms with Crippen LogP contribution in [0.2, 0.25) is 0 Å². The molecule has 2 aliphatic heterocycles. The predicted molar refractivity (Wildman–Crippen MR) is 75.3 cm³/mol. The predicted octanol–water partition coefficient (Wildman–Crippen LogP) is 1.35. The van der Waals surface area contributed by atoms with Gasteiger partial charge in [0.05, 0.1) is 0 Å². The van der Waals surface area contributed by atoms with E-state index in [9.17, 15) is 4.79 Å². The van der Waals surface area contributed by atoms with E-state index in [0.717, 1.165) is 30.2 Å². The number of carbonyl (C=O) groups excluding carboxylic acids is 1. The van der Waals surface area contributed by atoms with E-state index in [4.69, 9.17) is 10.5 Å². The monoisotopic (exact) mass is 278 g/mol. The summed E-state index contributed by atoms with van der Waals surface area (Å²) >= 11 is 1.69. The highest BCUT2D eigenvalue weighted by Gasteiger charge is 2.33. The van der Waals surface area contributed by atoms with E-state index in [1.54, 1.807) is 11.8 Å². The molecule has 1 fully saturated rings. The van der Waals surface area contributed by atoms with Crippen molar-refractivity contribution in [1.82, 2.24) is 4.90 Å². The highest BCUT2D eigenvalue weighted by Crippen LogP contribution is 2.35. The zero-order chi connectivity index (χ0) is 13.2. The van der Waals surface area contributed by atoms with Gasteiger partial charge in [0.2, 0.25) is 0 Å². The molecule has 19 heavy (non-hydrogen) atoms. The molecule has 5 heteroatoms. The van der Waals surface area contributed by atoms with Crippen molar-refractivity contribution in [2.45, 2.75) is 17.4 Å². The molecular weight excluding hydrogens is 260 g/mol. The van der Waals surface area contributed by atoms with E-state index in [0.29, 0.717) is 18.2 Å². The van der Waals surface area contributed by atoms with Crippen LogP contribution in [0.4, 0.5) is 0 Å². The zero-order valence-corrected chi connectivity index (χ0v) is 11.6. The summed E-state index contributed by atoms with van der Waals surface area (Å²) in [5.41, 5.74) is 5.66. The average molecular weight is 278 g/mol. The molecule has 2 aliphatic rings. The Balaban J connectivity index is 1.66. The first-order valence-electron chi connectivity index (χ1n) is 6.65. The molecule has 3 rings (SSSR count). The van der Waals surface area contributed by atoms with Crippen LogP contribution < -0.4 is 10.5 Å². The number of para-hydroxylation sites is 1. The normalized spacial score (nSPS) is 25.8. The van der Waals surface area contributed by atoms with Gasteiger partial charge in [-0.3, -0.25) is 4.79 Å². The number of carbonyl (C=O) groups is 1. The first-order chi connectivity index (χ1) is 9.28. The Labute approximate surface area is 117 Å². The molecular formula is C14H18N2O2S. The van der Waals surface area contributed by atoms with Crippen LogP contribution in [0.1, 0.15) is 6.42 Å². The maximum Gasteiger partial charge on any atom is 0.264 e. The second-order valence-corrected chi connectivity index (χ2v) is 6.10. The fourth-order valence-corrected chi connectivity index (χ4v) is 3.54. The minimum absolute atomic E-state index is 0.109. The minimum Gasteiger partial charge on any atom is -0.479 e. The number of hydrogen-bond donors (Lipinski definition) is 1. The smallest absolute Gasteiger partial charge is 0.264 e. The molecule has 4 nitrogen and oxygen atoms in total. The molecule has 1 amide bonds. The van der Waals surface area contributed by atoms with Crippen molar-refractivity contribution in [3.63, 3.8) is 0 Å². The molecule has 0 spiro atoms. The number of likely N-dealkylation sites (tertiary alicyclic amines) is 1. The van der Waals surface area contributed by atoms with Gasteiger partial charge >= 0.3 is 0 Å². The fraction of sp³-hybridized carbons (Fsp3) is 0.500. The first-order valence-corrected chi connectivity index (χ1v) is 7.64. The van der Waals surface area contributed by atoms with Crippen molar-refractivity contribution in [1.29, 1.82) is 0 Å². The quantitative estimate of drug-likeness (QED) is 0.887. The van der Waals surface area contributed by atoms with Crippen LogP contribution in [-0.2, 0) is 4.79 Å². The highest BCUT2D eigenvalue weighted by atomic mass is 32.2. The van der Waals surface area contributed by atoms with E-state index >= 15 is 0 Å². The molecule has 1 aromatic rings. The van der Waals surface area contributed by atoms with Gasteiger partial charge in [-0.1, -0.05) is 12.1 Å². The number of amides is 1. The summed E-state index contributed by atoms with van der Waals surface area (Å²) in [5, 5.41) is 0. The Hall–Kier alpha value is -1.20. The topological polar surface area (TPSA) is 55.6 Å². The number of benzene rings is 1. The average Bonchev–Trinajstić information content (AvgIpc) is 2.95. The number of nitrogens with two attached hydrogens (primary N) is 1. The van der Waals surface area contributed by atoms with Gasteiger partial charge in [-0.05, 0) is 31.0 Å². The van der Waals surface area contributed by atoms with Crippen LogP contribution in [0, 0.1) is 5.92 Å². The molecule has 0 bridgehead atoms. The van der Waals surface area contributed by atoms with Crippen molar-refractivity contribution in [2.24, 2.45) is 11.7 Å². The molecule has 102 valence electrons. The molecule has 2 unspecified atom stereocenters. The van der Waals surface area contributed by atoms with Crippen LogP contribution >= 0.6 is 11.8 Å². The van der Waals surface area contributed by atoms with Crippen LogP contribution in [-0.4, -0.2) is 42.3 Å². The lowest BCUT2D eigenvalue weighted by Gasteiger charge is -2.28. The van der Waals surface area contributed by atoms with E-state index in [2.05, 4.69) is 0 Å². The van der Waals surface area contributed by atoms with Crippen LogP contribution in [0.3, 0.4) is 0 Å². The summed E-state index contributed by atoms with van der Waals surface area (Å²) in [5.74, 6) is 2.08. The summed E-state index contributed by atoms with van der Waals surface area (Å²) in [6, 6.07) is 7.88. The van der Waals surface area contributed by atoms with Gasteiger partial charge in [-0.2, -0.15) is 0 Å². The number of rotatable bonds is 2. The third-order valence-electron chi connectivity index (χ3n) is 3.71. The molecule has 1 aromatic carbocycles. The van der Waals surface area contributed by atoms with Crippen molar-refractivity contribution in [3.8, 4) is 5.75 Å². The Morgan fingerprint density at radius 2 is 2.32 bits per heavy atom. The lowest BCUT2D eigenvalue weighted by Crippen LogP contribution is -2.43. The van der Waals surface area contributed by atoms with Crippen molar-refractivity contribution >= 4 is 17.7 Å². The van der Waals surface area contributed by atoms with E-state index in [1.807, 2.05) is 29.2 Å². The maximum absolute atomic E-state index is 12.4. The van der Waals surface area contributed by atoms with Crippen LogP contribution in [0.25, 0.3) is 0 Å². The standard InChI is InChI=1S/C14H18N2O2S/c15-7-10-5-6-16(8-10)14(17)12-9-19-13-4-2-1-3-11(13)18-12/h1-4,10,12H,5-9,15H2. The third kappa shape index (κ3) is 2.58. The summed E-state index contributed by atoms with van der Waals surface area (Å²) in [6.07, 6.45) is 0.662. The molecule has 0 saturated carbocycles. The molecule has 0 aliphatic carbocycles. The van der Waals surface area contributed by atoms with Gasteiger partial charge in [0.25, 0.3) is 5.91 Å². The largest absolute Gasteiger partial charge is 0.479 e. The van der Waals surface area contributed by atoms with Gasteiger partial charge < -0.3 is 15.4 Å². The lowest BCUT2D eigenvalue weighted by atomic mass is 10.1. The van der Waals surface area contributed by atoms with E-state index < -0.39 is 0 Å². The molecule has 2 N–H and O–H groups in total. The summed E-state index contributed by atoms with van der Waals surface area (Å²) < 4.78 is 5.83. The molecule has 0 radical (unpaired) electrons.